The fraction of sp³-hybridized carbons (Fsp3) is 0.400. The molecule has 0 spiro atoms. The molecule has 0 atom stereocenters. The van der Waals surface area contributed by atoms with Crippen molar-refractivity contribution in [1.82, 2.24) is 4.98 Å². The van der Waals surface area contributed by atoms with Gasteiger partial charge in [0.15, 0.2) is 0 Å². The van der Waals surface area contributed by atoms with E-state index in [9.17, 15) is 4.79 Å². The minimum atomic E-state index is -2.16. The van der Waals surface area contributed by atoms with Crippen LogP contribution in [0.15, 0.2) is 12.3 Å². The number of rotatable bonds is 3. The van der Waals surface area contributed by atoms with E-state index in [2.05, 4.69) is 19.8 Å². The number of carbonyl (C=O) groups excluding carboxylic acids is 1. The van der Waals surface area contributed by atoms with Crippen molar-refractivity contribution < 1.29 is 9.53 Å². The van der Waals surface area contributed by atoms with Crippen molar-refractivity contribution >= 4 is 28.2 Å². The van der Waals surface area contributed by atoms with E-state index < -0.39 is 18.4 Å². The van der Waals surface area contributed by atoms with Gasteiger partial charge in [-0.25, -0.2) is 0 Å². The number of ether oxygens (including phenoxy) is 1. The number of hydrogen-bond acceptors (Lipinski definition) is 3. The average molecular weight is 300 g/mol. The first-order valence-corrected chi connectivity index (χ1v) is 14.5. The van der Waals surface area contributed by atoms with E-state index in [0.29, 0.717) is 5.69 Å². The molecule has 0 aliphatic heterocycles. The van der Waals surface area contributed by atoms with Crippen molar-refractivity contribution in [3.05, 3.63) is 18.0 Å². The third kappa shape index (κ3) is 2.47. The predicted molar refractivity (Wildman–Crippen MR) is 59.2 cm³/mol. The Balaban J connectivity index is 3.25. The van der Waals surface area contributed by atoms with Gasteiger partial charge in [0.25, 0.3) is 0 Å². The zero-order chi connectivity index (χ0) is 10.8. The molecule has 0 aliphatic rings. The molecule has 0 N–H and O–H groups in total. The van der Waals surface area contributed by atoms with Crippen LogP contribution in [-0.4, -0.2) is 36.8 Å². The second kappa shape index (κ2) is 4.29. The molecule has 0 saturated heterocycles. The Kier molecular flexibility index (Phi) is 3.53. The summed E-state index contributed by atoms with van der Waals surface area (Å²) in [5.41, 5.74) is 0.432. The number of aromatic nitrogens is 1. The third-order valence-electron chi connectivity index (χ3n) is 2.04. The van der Waals surface area contributed by atoms with Gasteiger partial charge < -0.3 is 0 Å². The van der Waals surface area contributed by atoms with E-state index in [4.69, 9.17) is 4.74 Å². The van der Waals surface area contributed by atoms with E-state index >= 15 is 0 Å². The molecular formula is C10H15NO2Sn. The molecule has 0 bridgehead atoms. The summed E-state index contributed by atoms with van der Waals surface area (Å²) in [4.78, 5) is 21.5. The van der Waals surface area contributed by atoms with Gasteiger partial charge in [0.1, 0.15) is 0 Å². The van der Waals surface area contributed by atoms with Crippen LogP contribution >= 0.6 is 0 Å². The van der Waals surface area contributed by atoms with Crippen LogP contribution in [0.25, 0.3) is 0 Å². The number of nitrogens with zero attached hydrogens (tertiary/aromatic N) is 1. The Bertz CT molecular complexity index is 344. The van der Waals surface area contributed by atoms with Gasteiger partial charge in [-0.3, -0.25) is 0 Å². The number of hydrogen-bond donors (Lipinski definition) is 0. The van der Waals surface area contributed by atoms with Gasteiger partial charge in [-0.15, -0.1) is 0 Å². The molecule has 1 aromatic heterocycles. The number of aldehydes is 1. The van der Waals surface area contributed by atoms with Crippen molar-refractivity contribution in [3.63, 3.8) is 0 Å². The minimum absolute atomic E-state index is 0.432. The van der Waals surface area contributed by atoms with E-state index in [1.807, 2.05) is 0 Å². The van der Waals surface area contributed by atoms with Crippen LogP contribution in [0.1, 0.15) is 10.5 Å². The Labute approximate surface area is 88.4 Å². The molecule has 0 fully saturated rings. The van der Waals surface area contributed by atoms with E-state index in [0.717, 1.165) is 12.0 Å². The first-order valence-electron chi connectivity index (χ1n) is 4.48. The van der Waals surface area contributed by atoms with Crippen LogP contribution in [0.4, 0.5) is 0 Å². The molecule has 0 unspecified atom stereocenters. The van der Waals surface area contributed by atoms with Gasteiger partial charge in [-0.2, -0.15) is 0 Å². The Morgan fingerprint density at radius 2 is 2.07 bits per heavy atom. The summed E-state index contributed by atoms with van der Waals surface area (Å²) in [5, 5.41) is 0. The van der Waals surface area contributed by atoms with Crippen LogP contribution in [0.2, 0.25) is 14.8 Å². The summed E-state index contributed by atoms with van der Waals surface area (Å²) in [6.07, 6.45) is 2.53. The molecule has 3 nitrogen and oxygen atoms in total. The number of methoxy groups -OCH3 is 1. The fourth-order valence-electron chi connectivity index (χ4n) is 1.25. The summed E-state index contributed by atoms with van der Waals surface area (Å²) in [7, 11) is 1.63. The summed E-state index contributed by atoms with van der Waals surface area (Å²) in [6.45, 7) is 0. The van der Waals surface area contributed by atoms with Gasteiger partial charge >= 0.3 is 88.4 Å². The Hall–Kier alpha value is -0.581. The molecule has 0 saturated carbocycles. The monoisotopic (exact) mass is 301 g/mol. The third-order valence-corrected chi connectivity index (χ3v) is 7.72. The van der Waals surface area contributed by atoms with E-state index in [-0.39, 0.29) is 0 Å². The summed E-state index contributed by atoms with van der Waals surface area (Å²) in [5.74, 6) is 0.811. The maximum absolute atomic E-state index is 10.5. The van der Waals surface area contributed by atoms with E-state index in [1.54, 1.807) is 19.4 Å². The first-order chi connectivity index (χ1) is 6.49. The Morgan fingerprint density at radius 1 is 1.43 bits per heavy atom. The van der Waals surface area contributed by atoms with Crippen LogP contribution in [-0.2, 0) is 0 Å². The first kappa shape index (κ1) is 11.5. The summed E-state index contributed by atoms with van der Waals surface area (Å²) >= 11 is -2.16. The molecule has 0 aromatic carbocycles. The van der Waals surface area contributed by atoms with Crippen LogP contribution in [0, 0.1) is 0 Å². The SMILES string of the molecule is COc1cc(C=O)nc[c]1[Sn]([CH3])([CH3])[CH3]. The quantitative estimate of drug-likeness (QED) is 0.626. The molecule has 1 heterocycles. The second-order valence-corrected chi connectivity index (χ2v) is 18.6. The van der Waals surface area contributed by atoms with Crippen molar-refractivity contribution in [3.8, 4) is 5.75 Å². The molecule has 0 amide bonds. The van der Waals surface area contributed by atoms with Gasteiger partial charge in [-0.1, -0.05) is 0 Å². The average Bonchev–Trinajstić information content (AvgIpc) is 2.15. The molecule has 14 heavy (non-hydrogen) atoms. The standard InChI is InChI=1S/C7H6NO2.3CH3.Sn/c1-10-7-2-3-8-6(4-7)5-9;;;;/h3-5H,1H3;3*1H3;. The summed E-state index contributed by atoms with van der Waals surface area (Å²) in [6, 6.07) is 1.71. The molecule has 1 rings (SSSR count). The van der Waals surface area contributed by atoms with Crippen LogP contribution in [0.5, 0.6) is 5.75 Å². The van der Waals surface area contributed by atoms with Crippen molar-refractivity contribution in [2.24, 2.45) is 0 Å². The van der Waals surface area contributed by atoms with Gasteiger partial charge in [0, 0.05) is 0 Å². The van der Waals surface area contributed by atoms with Gasteiger partial charge in [-0.05, 0) is 0 Å². The normalized spacial score (nSPS) is 11.1. The topological polar surface area (TPSA) is 39.2 Å². The van der Waals surface area contributed by atoms with Crippen molar-refractivity contribution in [2.45, 2.75) is 14.8 Å². The predicted octanol–water partition coefficient (Wildman–Crippen LogP) is 1.45. The number of pyridine rings is 1. The van der Waals surface area contributed by atoms with Crippen LogP contribution < -0.4 is 8.32 Å². The molecule has 0 radical (unpaired) electrons. The van der Waals surface area contributed by atoms with Gasteiger partial charge in [0.2, 0.25) is 0 Å². The molecule has 1 aromatic rings. The second-order valence-electron chi connectivity index (χ2n) is 4.18. The zero-order valence-corrected chi connectivity index (χ0v) is 11.8. The molecule has 0 aliphatic carbocycles. The van der Waals surface area contributed by atoms with Crippen molar-refractivity contribution in [2.75, 3.05) is 7.11 Å². The molecule has 76 valence electrons. The van der Waals surface area contributed by atoms with E-state index in [1.165, 1.54) is 3.58 Å². The zero-order valence-electron chi connectivity index (χ0n) is 9.00. The Morgan fingerprint density at radius 3 is 2.50 bits per heavy atom. The van der Waals surface area contributed by atoms with Gasteiger partial charge in [0.05, 0.1) is 0 Å². The maximum atomic E-state index is 10.5. The number of carbonyl (C=O) groups is 1. The fourth-order valence-corrected chi connectivity index (χ4v) is 5.15. The molecular weight excluding hydrogens is 285 g/mol. The summed E-state index contributed by atoms with van der Waals surface area (Å²) < 4.78 is 6.48. The van der Waals surface area contributed by atoms with Crippen molar-refractivity contribution in [1.29, 1.82) is 0 Å². The molecule has 4 heteroatoms. The van der Waals surface area contributed by atoms with Crippen LogP contribution in [0.3, 0.4) is 0 Å².